The Morgan fingerprint density at radius 2 is 2.05 bits per heavy atom. The zero-order valence-corrected chi connectivity index (χ0v) is 13.2. The Balaban J connectivity index is 1.81. The molecule has 0 amide bonds. The number of hydrogen-bond acceptors (Lipinski definition) is 3. The number of benzene rings is 1. The summed E-state index contributed by atoms with van der Waals surface area (Å²) >= 11 is 11.9. The van der Waals surface area contributed by atoms with E-state index in [0.717, 1.165) is 23.6 Å². The first-order chi connectivity index (χ1) is 10.1. The summed E-state index contributed by atoms with van der Waals surface area (Å²) in [5.41, 5.74) is 1.96. The Kier molecular flexibility index (Phi) is 4.34. The summed E-state index contributed by atoms with van der Waals surface area (Å²) in [6.07, 6.45) is 4.36. The summed E-state index contributed by atoms with van der Waals surface area (Å²) in [6.45, 7) is 2.70. The summed E-state index contributed by atoms with van der Waals surface area (Å²) in [7, 11) is 0. The van der Waals surface area contributed by atoms with Crippen LogP contribution in [0.1, 0.15) is 24.1 Å². The van der Waals surface area contributed by atoms with E-state index in [0.29, 0.717) is 21.8 Å². The second-order valence-corrected chi connectivity index (χ2v) is 6.08. The monoisotopic (exact) mass is 322 g/mol. The van der Waals surface area contributed by atoms with Gasteiger partial charge in [-0.3, -0.25) is 4.98 Å². The summed E-state index contributed by atoms with van der Waals surface area (Å²) < 4.78 is 5.96. The van der Waals surface area contributed by atoms with Crippen molar-refractivity contribution in [3.8, 4) is 11.5 Å². The molecule has 21 heavy (non-hydrogen) atoms. The maximum Gasteiger partial charge on any atom is 0.135 e. The van der Waals surface area contributed by atoms with Gasteiger partial charge >= 0.3 is 0 Å². The maximum atomic E-state index is 6.03. The van der Waals surface area contributed by atoms with E-state index in [-0.39, 0.29) is 0 Å². The quantitative estimate of drug-likeness (QED) is 0.863. The van der Waals surface area contributed by atoms with E-state index in [4.69, 9.17) is 27.9 Å². The molecule has 1 heterocycles. The van der Waals surface area contributed by atoms with E-state index in [9.17, 15) is 0 Å². The van der Waals surface area contributed by atoms with E-state index in [1.807, 2.05) is 25.3 Å². The number of nitrogens with zero attached hydrogens (tertiary/aromatic N) is 1. The molecule has 1 aliphatic rings. The van der Waals surface area contributed by atoms with Gasteiger partial charge in [0.1, 0.15) is 11.5 Å². The Bertz CT molecular complexity index is 657. The zero-order valence-electron chi connectivity index (χ0n) is 11.7. The fourth-order valence-corrected chi connectivity index (χ4v) is 2.29. The lowest BCUT2D eigenvalue weighted by Gasteiger charge is -2.12. The maximum absolute atomic E-state index is 6.03. The number of pyridine rings is 1. The van der Waals surface area contributed by atoms with E-state index >= 15 is 0 Å². The predicted molar refractivity (Wildman–Crippen MR) is 85.4 cm³/mol. The molecule has 0 saturated heterocycles. The predicted octanol–water partition coefficient (Wildman–Crippen LogP) is 4.74. The minimum atomic E-state index is 0.484. The molecule has 0 radical (unpaired) electrons. The third-order valence-electron chi connectivity index (χ3n) is 3.36. The molecular formula is C16H16Cl2N2O. The fourth-order valence-electron chi connectivity index (χ4n) is 2.00. The standard InChI is InChI=1S/C16H16Cl2N2O/c1-10-6-16(11(8-19-10)9-20-12-2-3-12)21-13-4-5-14(17)15(18)7-13/h4-8,12,20H,2-3,9H2,1H3. The van der Waals surface area contributed by atoms with Crippen LogP contribution in [0.3, 0.4) is 0 Å². The first-order valence-electron chi connectivity index (χ1n) is 6.93. The molecule has 1 aromatic heterocycles. The molecule has 3 nitrogen and oxygen atoms in total. The highest BCUT2D eigenvalue weighted by Crippen LogP contribution is 2.31. The number of rotatable bonds is 5. The van der Waals surface area contributed by atoms with Crippen molar-refractivity contribution in [2.75, 3.05) is 0 Å². The first-order valence-corrected chi connectivity index (χ1v) is 7.69. The van der Waals surface area contributed by atoms with Gasteiger partial charge in [-0.05, 0) is 31.9 Å². The average Bonchev–Trinajstić information content (AvgIpc) is 3.26. The van der Waals surface area contributed by atoms with Gasteiger partial charge in [-0.2, -0.15) is 0 Å². The number of ether oxygens (including phenoxy) is 1. The Morgan fingerprint density at radius 3 is 2.76 bits per heavy atom. The number of hydrogen-bond donors (Lipinski definition) is 1. The topological polar surface area (TPSA) is 34.1 Å². The summed E-state index contributed by atoms with van der Waals surface area (Å²) in [4.78, 5) is 4.34. The number of aromatic nitrogens is 1. The smallest absolute Gasteiger partial charge is 0.135 e. The van der Waals surface area contributed by atoms with Gasteiger partial charge in [0.2, 0.25) is 0 Å². The van der Waals surface area contributed by atoms with Gasteiger partial charge in [0.05, 0.1) is 10.0 Å². The minimum Gasteiger partial charge on any atom is -0.457 e. The minimum absolute atomic E-state index is 0.484. The first kappa shape index (κ1) is 14.6. The van der Waals surface area contributed by atoms with Gasteiger partial charge in [-0.25, -0.2) is 0 Å². The van der Waals surface area contributed by atoms with E-state index in [1.165, 1.54) is 12.8 Å². The summed E-state index contributed by atoms with van der Waals surface area (Å²) in [6, 6.07) is 7.84. The van der Waals surface area contributed by atoms with Crippen LogP contribution in [-0.4, -0.2) is 11.0 Å². The summed E-state index contributed by atoms with van der Waals surface area (Å²) in [5, 5.41) is 4.47. The van der Waals surface area contributed by atoms with Crippen molar-refractivity contribution in [1.82, 2.24) is 10.3 Å². The van der Waals surface area contributed by atoms with Crippen LogP contribution >= 0.6 is 23.2 Å². The molecule has 2 aromatic rings. The largest absolute Gasteiger partial charge is 0.457 e. The molecule has 0 atom stereocenters. The van der Waals surface area contributed by atoms with Gasteiger partial charge in [0.25, 0.3) is 0 Å². The second kappa shape index (κ2) is 6.22. The molecule has 3 rings (SSSR count). The molecule has 1 saturated carbocycles. The van der Waals surface area contributed by atoms with Crippen molar-refractivity contribution in [1.29, 1.82) is 0 Å². The molecule has 1 N–H and O–H groups in total. The Hall–Kier alpha value is -1.29. The highest BCUT2D eigenvalue weighted by molar-refractivity contribution is 6.42. The SMILES string of the molecule is Cc1cc(Oc2ccc(Cl)c(Cl)c2)c(CNC2CC2)cn1. The zero-order chi connectivity index (χ0) is 14.8. The molecule has 0 aliphatic heterocycles. The third kappa shape index (κ3) is 3.88. The summed E-state index contributed by atoms with van der Waals surface area (Å²) in [5.74, 6) is 1.47. The molecule has 5 heteroatoms. The molecule has 0 bridgehead atoms. The molecule has 0 unspecified atom stereocenters. The lowest BCUT2D eigenvalue weighted by Crippen LogP contribution is -2.16. The van der Waals surface area contributed by atoms with Crippen molar-refractivity contribution in [3.63, 3.8) is 0 Å². The average molecular weight is 323 g/mol. The lowest BCUT2D eigenvalue weighted by molar-refractivity contribution is 0.471. The van der Waals surface area contributed by atoms with Gasteiger partial charge in [-0.1, -0.05) is 23.2 Å². The molecule has 1 fully saturated rings. The third-order valence-corrected chi connectivity index (χ3v) is 4.10. The van der Waals surface area contributed by atoms with E-state index in [2.05, 4.69) is 10.3 Å². The van der Waals surface area contributed by atoms with Gasteiger partial charge in [0.15, 0.2) is 0 Å². The molecule has 1 aliphatic carbocycles. The lowest BCUT2D eigenvalue weighted by atomic mass is 10.2. The fraction of sp³-hybridized carbons (Fsp3) is 0.312. The van der Waals surface area contributed by atoms with E-state index in [1.54, 1.807) is 12.1 Å². The highest BCUT2D eigenvalue weighted by atomic mass is 35.5. The molecule has 110 valence electrons. The number of nitrogens with one attached hydrogen (secondary N) is 1. The molecule has 0 spiro atoms. The van der Waals surface area contributed by atoms with Crippen LogP contribution in [0.5, 0.6) is 11.5 Å². The van der Waals surface area contributed by atoms with Crippen LogP contribution in [0.4, 0.5) is 0 Å². The Labute approximate surface area is 134 Å². The second-order valence-electron chi connectivity index (χ2n) is 5.27. The van der Waals surface area contributed by atoms with Gasteiger partial charge < -0.3 is 10.1 Å². The number of halogens is 2. The van der Waals surface area contributed by atoms with Gasteiger partial charge in [-0.15, -0.1) is 0 Å². The van der Waals surface area contributed by atoms with Crippen molar-refractivity contribution < 1.29 is 4.74 Å². The Morgan fingerprint density at radius 1 is 1.24 bits per heavy atom. The van der Waals surface area contributed by atoms with Crippen molar-refractivity contribution >= 4 is 23.2 Å². The van der Waals surface area contributed by atoms with Crippen LogP contribution in [0, 0.1) is 6.92 Å². The van der Waals surface area contributed by atoms with Gasteiger partial charge in [0, 0.05) is 42.2 Å². The van der Waals surface area contributed by atoms with Crippen LogP contribution in [0.15, 0.2) is 30.5 Å². The number of aryl methyl sites for hydroxylation is 1. The van der Waals surface area contributed by atoms with Crippen molar-refractivity contribution in [2.45, 2.75) is 32.4 Å². The van der Waals surface area contributed by atoms with Crippen molar-refractivity contribution in [2.24, 2.45) is 0 Å². The normalized spacial score (nSPS) is 14.2. The van der Waals surface area contributed by atoms with Crippen LogP contribution < -0.4 is 10.1 Å². The molecule has 1 aromatic carbocycles. The highest BCUT2D eigenvalue weighted by Gasteiger charge is 2.20. The van der Waals surface area contributed by atoms with Crippen LogP contribution in [0.2, 0.25) is 10.0 Å². The van der Waals surface area contributed by atoms with Crippen LogP contribution in [-0.2, 0) is 6.54 Å². The van der Waals surface area contributed by atoms with Crippen LogP contribution in [0.25, 0.3) is 0 Å². The van der Waals surface area contributed by atoms with E-state index < -0.39 is 0 Å². The molecular weight excluding hydrogens is 307 g/mol. The van der Waals surface area contributed by atoms with Crippen molar-refractivity contribution in [3.05, 3.63) is 51.8 Å².